The molecule has 1 N–H and O–H groups in total. The summed E-state index contributed by atoms with van der Waals surface area (Å²) in [7, 11) is 1.91. The van der Waals surface area contributed by atoms with E-state index < -0.39 is 5.60 Å². The van der Waals surface area contributed by atoms with Gasteiger partial charge in [0.15, 0.2) is 0 Å². The van der Waals surface area contributed by atoms with Gasteiger partial charge >= 0.3 is 0 Å². The van der Waals surface area contributed by atoms with Crippen LogP contribution in [-0.4, -0.2) is 45.0 Å². The van der Waals surface area contributed by atoms with Crippen molar-refractivity contribution in [2.75, 3.05) is 19.6 Å². The molecule has 1 aromatic rings. The molecule has 4 nitrogen and oxygen atoms in total. The first kappa shape index (κ1) is 14.8. The second-order valence-corrected chi connectivity index (χ2v) is 5.90. The molecule has 1 aliphatic rings. The fourth-order valence-corrected chi connectivity index (χ4v) is 3.15. The Morgan fingerprint density at radius 2 is 1.95 bits per heavy atom. The number of hydrogen-bond acceptors (Lipinski definition) is 3. The first-order valence-electron chi connectivity index (χ1n) is 7.14. The molecule has 1 fully saturated rings. The average Bonchev–Trinajstić information content (AvgIpc) is 2.67. The van der Waals surface area contributed by atoms with Gasteiger partial charge in [0.05, 0.1) is 22.0 Å². The summed E-state index contributed by atoms with van der Waals surface area (Å²) in [5.74, 6) is 0. The van der Waals surface area contributed by atoms with E-state index in [1.54, 1.807) is 0 Å². The maximum atomic E-state index is 10.7. The lowest BCUT2D eigenvalue weighted by Gasteiger charge is -2.37. The Labute approximate surface area is 120 Å². The summed E-state index contributed by atoms with van der Waals surface area (Å²) in [5, 5.41) is 15.9. The van der Waals surface area contributed by atoms with E-state index in [0.717, 1.165) is 55.3 Å². The van der Waals surface area contributed by atoms with Crippen molar-refractivity contribution in [2.24, 2.45) is 7.05 Å². The first-order valence-corrected chi connectivity index (χ1v) is 7.52. The lowest BCUT2D eigenvalue weighted by molar-refractivity contribution is -0.0206. The second kappa shape index (κ2) is 5.81. The molecule has 0 bridgehead atoms. The Bertz CT molecular complexity index is 436. The third-order valence-corrected chi connectivity index (χ3v) is 4.67. The minimum absolute atomic E-state index is 0.604. The van der Waals surface area contributed by atoms with Crippen molar-refractivity contribution in [1.82, 2.24) is 14.7 Å². The van der Waals surface area contributed by atoms with Crippen LogP contribution in [0.3, 0.4) is 0 Å². The van der Waals surface area contributed by atoms with Crippen LogP contribution >= 0.6 is 11.6 Å². The summed E-state index contributed by atoms with van der Waals surface area (Å²) in [6.07, 6.45) is 3.05. The molecule has 1 aliphatic heterocycles. The summed E-state index contributed by atoms with van der Waals surface area (Å²) >= 11 is 6.36. The second-order valence-electron chi connectivity index (χ2n) is 5.52. The van der Waals surface area contributed by atoms with Gasteiger partial charge in [-0.25, -0.2) is 0 Å². The molecule has 0 spiro atoms. The van der Waals surface area contributed by atoms with Gasteiger partial charge in [-0.3, -0.25) is 4.68 Å². The molecular weight excluding hydrogens is 262 g/mol. The van der Waals surface area contributed by atoms with Gasteiger partial charge in [0.2, 0.25) is 0 Å². The van der Waals surface area contributed by atoms with Crippen LogP contribution in [0.1, 0.15) is 38.1 Å². The number of hydrogen-bond donors (Lipinski definition) is 1. The summed E-state index contributed by atoms with van der Waals surface area (Å²) < 4.78 is 1.82. The highest BCUT2D eigenvalue weighted by atomic mass is 35.5. The van der Waals surface area contributed by atoms with Gasteiger partial charge in [0, 0.05) is 26.6 Å². The van der Waals surface area contributed by atoms with Crippen LogP contribution < -0.4 is 0 Å². The lowest BCUT2D eigenvalue weighted by atomic mass is 9.87. The Morgan fingerprint density at radius 1 is 1.32 bits per heavy atom. The molecule has 0 atom stereocenters. The van der Waals surface area contributed by atoms with E-state index in [1.165, 1.54) is 0 Å². The molecule has 2 heterocycles. The van der Waals surface area contributed by atoms with Crippen molar-refractivity contribution in [1.29, 1.82) is 0 Å². The van der Waals surface area contributed by atoms with Crippen LogP contribution in [-0.2, 0) is 19.9 Å². The van der Waals surface area contributed by atoms with Gasteiger partial charge in [0.1, 0.15) is 0 Å². The van der Waals surface area contributed by atoms with Crippen LogP contribution in [0.4, 0.5) is 0 Å². The number of rotatable bonds is 4. The summed E-state index contributed by atoms with van der Waals surface area (Å²) in [4.78, 5) is 2.37. The van der Waals surface area contributed by atoms with Gasteiger partial charge in [-0.2, -0.15) is 5.10 Å². The van der Waals surface area contributed by atoms with E-state index in [-0.39, 0.29) is 0 Å². The molecule has 19 heavy (non-hydrogen) atoms. The van der Waals surface area contributed by atoms with Gasteiger partial charge in [-0.15, -0.1) is 0 Å². The molecule has 1 aromatic heterocycles. The third-order valence-electron chi connectivity index (χ3n) is 4.23. The van der Waals surface area contributed by atoms with Crippen LogP contribution in [0.5, 0.6) is 0 Å². The first-order chi connectivity index (χ1) is 8.99. The number of halogens is 1. The number of likely N-dealkylation sites (tertiary alicyclic amines) is 1. The number of aliphatic hydroxyl groups is 1. The minimum atomic E-state index is -0.631. The average molecular weight is 286 g/mol. The molecule has 0 amide bonds. The smallest absolute Gasteiger partial charge is 0.0850 e. The Hall–Kier alpha value is -0.580. The van der Waals surface area contributed by atoms with Crippen LogP contribution in [0.2, 0.25) is 5.02 Å². The standard InChI is InChI=1S/C14H24ClN3O/c1-4-11-13(15)12(17(3)16-11)10-14(19)6-8-18(5-2)9-7-14/h19H,4-10H2,1-3H3. The number of aromatic nitrogens is 2. The van der Waals surface area contributed by atoms with Crippen LogP contribution in [0, 0.1) is 0 Å². The van der Waals surface area contributed by atoms with Crippen LogP contribution in [0.25, 0.3) is 0 Å². The highest BCUT2D eigenvalue weighted by molar-refractivity contribution is 6.31. The molecule has 5 heteroatoms. The number of aryl methyl sites for hydroxylation is 2. The van der Waals surface area contributed by atoms with E-state index in [9.17, 15) is 5.11 Å². The molecule has 108 valence electrons. The highest BCUT2D eigenvalue weighted by Crippen LogP contribution is 2.30. The van der Waals surface area contributed by atoms with E-state index in [0.29, 0.717) is 6.42 Å². The lowest BCUT2D eigenvalue weighted by Crippen LogP contribution is -2.45. The van der Waals surface area contributed by atoms with E-state index in [4.69, 9.17) is 11.6 Å². The van der Waals surface area contributed by atoms with E-state index >= 15 is 0 Å². The SMILES string of the molecule is CCc1nn(C)c(CC2(O)CCN(CC)CC2)c1Cl. The molecule has 0 aromatic carbocycles. The largest absolute Gasteiger partial charge is 0.389 e. The molecule has 1 saturated heterocycles. The maximum Gasteiger partial charge on any atom is 0.0850 e. The van der Waals surface area contributed by atoms with Gasteiger partial charge < -0.3 is 10.0 Å². The van der Waals surface area contributed by atoms with Crippen molar-refractivity contribution in [3.63, 3.8) is 0 Å². The normalized spacial score (nSPS) is 19.8. The van der Waals surface area contributed by atoms with Gasteiger partial charge in [-0.05, 0) is 25.8 Å². The third kappa shape index (κ3) is 3.12. The van der Waals surface area contributed by atoms with Gasteiger partial charge in [-0.1, -0.05) is 25.4 Å². The van der Waals surface area contributed by atoms with Crippen molar-refractivity contribution in [2.45, 2.75) is 45.1 Å². The van der Waals surface area contributed by atoms with Crippen LogP contribution in [0.15, 0.2) is 0 Å². The predicted molar refractivity (Wildman–Crippen MR) is 77.6 cm³/mol. The van der Waals surface area contributed by atoms with E-state index in [2.05, 4.69) is 16.9 Å². The Kier molecular flexibility index (Phi) is 4.54. The fourth-order valence-electron chi connectivity index (χ4n) is 2.79. The summed E-state index contributed by atoms with van der Waals surface area (Å²) in [5.41, 5.74) is 1.26. The summed E-state index contributed by atoms with van der Waals surface area (Å²) in [6, 6.07) is 0. The summed E-state index contributed by atoms with van der Waals surface area (Å²) in [6.45, 7) is 7.19. The monoisotopic (exact) mass is 285 g/mol. The molecule has 0 unspecified atom stereocenters. The zero-order valence-corrected chi connectivity index (χ0v) is 12.9. The van der Waals surface area contributed by atoms with Crippen molar-refractivity contribution in [3.05, 3.63) is 16.4 Å². The zero-order valence-electron chi connectivity index (χ0n) is 12.1. The maximum absolute atomic E-state index is 10.7. The molecular formula is C14H24ClN3O. The predicted octanol–water partition coefficient (Wildman–Crippen LogP) is 2.03. The van der Waals surface area contributed by atoms with Crippen molar-refractivity contribution < 1.29 is 5.11 Å². The zero-order chi connectivity index (χ0) is 14.0. The van der Waals surface area contributed by atoms with Gasteiger partial charge in [0.25, 0.3) is 0 Å². The van der Waals surface area contributed by atoms with Crippen molar-refractivity contribution >= 4 is 11.6 Å². The molecule has 0 radical (unpaired) electrons. The number of piperidine rings is 1. The van der Waals surface area contributed by atoms with E-state index in [1.807, 2.05) is 18.7 Å². The number of nitrogens with zero attached hydrogens (tertiary/aromatic N) is 3. The Balaban J connectivity index is 2.11. The highest BCUT2D eigenvalue weighted by Gasteiger charge is 2.34. The minimum Gasteiger partial charge on any atom is -0.389 e. The molecule has 2 rings (SSSR count). The molecule has 0 aliphatic carbocycles. The topological polar surface area (TPSA) is 41.3 Å². The van der Waals surface area contributed by atoms with Crippen molar-refractivity contribution in [3.8, 4) is 0 Å². The Morgan fingerprint density at radius 3 is 2.42 bits per heavy atom. The molecule has 0 saturated carbocycles. The fraction of sp³-hybridized carbons (Fsp3) is 0.786. The quantitative estimate of drug-likeness (QED) is 0.920.